The SMILES string of the molecule is CC1CC(NC2CC(C)(C)CC(C)(C)C2)C1. The first-order valence-electron chi connectivity index (χ1n) is 7.02. The van der Waals surface area contributed by atoms with Crippen LogP contribution in [0.3, 0.4) is 0 Å². The van der Waals surface area contributed by atoms with Crippen molar-refractivity contribution in [2.75, 3.05) is 0 Å². The van der Waals surface area contributed by atoms with E-state index in [0.717, 1.165) is 18.0 Å². The first-order valence-corrected chi connectivity index (χ1v) is 7.02. The molecule has 1 N–H and O–H groups in total. The first-order chi connectivity index (χ1) is 7.26. The third kappa shape index (κ3) is 3.00. The van der Waals surface area contributed by atoms with Crippen LogP contribution < -0.4 is 5.32 Å². The minimum absolute atomic E-state index is 0.523. The Morgan fingerprint density at radius 3 is 1.81 bits per heavy atom. The summed E-state index contributed by atoms with van der Waals surface area (Å²) in [6.07, 6.45) is 6.90. The van der Waals surface area contributed by atoms with E-state index in [1.807, 2.05) is 0 Å². The van der Waals surface area contributed by atoms with E-state index in [1.165, 1.54) is 32.1 Å². The zero-order chi connectivity index (χ0) is 12.0. The minimum Gasteiger partial charge on any atom is -0.311 e. The van der Waals surface area contributed by atoms with Gasteiger partial charge in [0.1, 0.15) is 0 Å². The van der Waals surface area contributed by atoms with Gasteiger partial charge < -0.3 is 5.32 Å². The van der Waals surface area contributed by atoms with Crippen molar-refractivity contribution >= 4 is 0 Å². The third-order valence-electron chi connectivity index (χ3n) is 4.40. The van der Waals surface area contributed by atoms with Gasteiger partial charge in [0.05, 0.1) is 0 Å². The van der Waals surface area contributed by atoms with Crippen LogP contribution in [0.25, 0.3) is 0 Å². The molecule has 0 aromatic rings. The topological polar surface area (TPSA) is 12.0 Å². The lowest BCUT2D eigenvalue weighted by atomic mass is 9.63. The van der Waals surface area contributed by atoms with E-state index in [4.69, 9.17) is 0 Å². The van der Waals surface area contributed by atoms with Crippen LogP contribution in [-0.4, -0.2) is 12.1 Å². The molecule has 2 aliphatic rings. The molecule has 0 unspecified atom stereocenters. The average molecular weight is 223 g/mol. The molecule has 2 aliphatic carbocycles. The lowest BCUT2D eigenvalue weighted by molar-refractivity contribution is 0.0691. The Labute approximate surface area is 101 Å². The molecule has 2 fully saturated rings. The Morgan fingerprint density at radius 1 is 0.875 bits per heavy atom. The summed E-state index contributed by atoms with van der Waals surface area (Å²) in [5.41, 5.74) is 1.05. The van der Waals surface area contributed by atoms with E-state index in [9.17, 15) is 0 Å². The molecule has 0 heterocycles. The summed E-state index contributed by atoms with van der Waals surface area (Å²) in [5, 5.41) is 3.90. The van der Waals surface area contributed by atoms with Crippen LogP contribution in [0, 0.1) is 16.7 Å². The maximum atomic E-state index is 3.90. The van der Waals surface area contributed by atoms with E-state index >= 15 is 0 Å². The van der Waals surface area contributed by atoms with Crippen LogP contribution in [0.5, 0.6) is 0 Å². The molecule has 0 saturated heterocycles. The first kappa shape index (κ1) is 12.4. The van der Waals surface area contributed by atoms with E-state index in [2.05, 4.69) is 39.9 Å². The van der Waals surface area contributed by atoms with Crippen LogP contribution in [0.4, 0.5) is 0 Å². The van der Waals surface area contributed by atoms with Crippen molar-refractivity contribution in [2.24, 2.45) is 16.7 Å². The Hall–Kier alpha value is -0.0400. The molecule has 0 aromatic heterocycles. The summed E-state index contributed by atoms with van der Waals surface area (Å²) in [5.74, 6) is 0.960. The number of hydrogen-bond acceptors (Lipinski definition) is 1. The number of nitrogens with one attached hydrogen (secondary N) is 1. The van der Waals surface area contributed by atoms with Crippen LogP contribution in [-0.2, 0) is 0 Å². The van der Waals surface area contributed by atoms with Crippen molar-refractivity contribution in [1.82, 2.24) is 5.32 Å². The summed E-state index contributed by atoms with van der Waals surface area (Å²) >= 11 is 0. The third-order valence-corrected chi connectivity index (χ3v) is 4.40. The molecule has 1 heteroatoms. The van der Waals surface area contributed by atoms with Crippen molar-refractivity contribution in [3.63, 3.8) is 0 Å². The number of rotatable bonds is 2. The van der Waals surface area contributed by atoms with Crippen LogP contribution in [0.2, 0.25) is 0 Å². The van der Waals surface area contributed by atoms with Crippen molar-refractivity contribution in [1.29, 1.82) is 0 Å². The van der Waals surface area contributed by atoms with Crippen LogP contribution in [0.15, 0.2) is 0 Å². The Kier molecular flexibility index (Phi) is 3.11. The fraction of sp³-hybridized carbons (Fsp3) is 1.00. The molecule has 1 nitrogen and oxygen atoms in total. The van der Waals surface area contributed by atoms with E-state index < -0.39 is 0 Å². The fourth-order valence-electron chi connectivity index (χ4n) is 4.34. The molecular weight excluding hydrogens is 194 g/mol. The van der Waals surface area contributed by atoms with Crippen LogP contribution >= 0.6 is 0 Å². The summed E-state index contributed by atoms with van der Waals surface area (Å²) in [6, 6.07) is 1.58. The predicted molar refractivity (Wildman–Crippen MR) is 70.5 cm³/mol. The van der Waals surface area contributed by atoms with Gasteiger partial charge in [-0.2, -0.15) is 0 Å². The summed E-state index contributed by atoms with van der Waals surface area (Å²) < 4.78 is 0. The second kappa shape index (κ2) is 4.01. The smallest absolute Gasteiger partial charge is 0.00798 e. The van der Waals surface area contributed by atoms with Crippen molar-refractivity contribution in [3.8, 4) is 0 Å². The molecule has 0 radical (unpaired) electrons. The zero-order valence-electron chi connectivity index (χ0n) is 11.8. The highest BCUT2D eigenvalue weighted by Crippen LogP contribution is 2.46. The average Bonchev–Trinajstić information content (AvgIpc) is 1.94. The van der Waals surface area contributed by atoms with E-state index in [1.54, 1.807) is 0 Å². The standard InChI is InChI=1S/C15H29N/c1-11-6-12(7-11)16-13-8-14(2,3)10-15(4,5)9-13/h11-13,16H,6-10H2,1-5H3. The fourth-order valence-corrected chi connectivity index (χ4v) is 4.34. The highest BCUT2D eigenvalue weighted by atomic mass is 15.0. The van der Waals surface area contributed by atoms with Gasteiger partial charge >= 0.3 is 0 Å². The van der Waals surface area contributed by atoms with Crippen molar-refractivity contribution in [3.05, 3.63) is 0 Å². The largest absolute Gasteiger partial charge is 0.311 e. The highest BCUT2D eigenvalue weighted by Gasteiger charge is 2.39. The highest BCUT2D eigenvalue weighted by molar-refractivity contribution is 4.95. The predicted octanol–water partition coefficient (Wildman–Crippen LogP) is 3.98. The van der Waals surface area contributed by atoms with Crippen molar-refractivity contribution < 1.29 is 0 Å². The molecule has 16 heavy (non-hydrogen) atoms. The molecular formula is C15H29N. The lowest BCUT2D eigenvalue weighted by Crippen LogP contribution is -2.51. The quantitative estimate of drug-likeness (QED) is 0.746. The van der Waals surface area contributed by atoms with Crippen molar-refractivity contribution in [2.45, 2.75) is 78.8 Å². The molecule has 0 spiro atoms. The maximum absolute atomic E-state index is 3.90. The van der Waals surface area contributed by atoms with Gasteiger partial charge in [-0.05, 0) is 48.9 Å². The van der Waals surface area contributed by atoms with Crippen LogP contribution in [0.1, 0.15) is 66.7 Å². The minimum atomic E-state index is 0.523. The summed E-state index contributed by atoms with van der Waals surface area (Å²) in [4.78, 5) is 0. The van der Waals surface area contributed by atoms with Gasteiger partial charge in [-0.15, -0.1) is 0 Å². The van der Waals surface area contributed by atoms with Gasteiger partial charge in [-0.1, -0.05) is 34.6 Å². The second-order valence-corrected chi connectivity index (χ2v) is 8.05. The Morgan fingerprint density at radius 2 is 1.38 bits per heavy atom. The van der Waals surface area contributed by atoms with Gasteiger partial charge in [0.15, 0.2) is 0 Å². The van der Waals surface area contributed by atoms with Gasteiger partial charge in [-0.3, -0.25) is 0 Å². The normalized spacial score (nSPS) is 38.1. The van der Waals surface area contributed by atoms with E-state index in [-0.39, 0.29) is 0 Å². The molecule has 0 aromatic carbocycles. The van der Waals surface area contributed by atoms with Gasteiger partial charge in [0.2, 0.25) is 0 Å². The van der Waals surface area contributed by atoms with Gasteiger partial charge in [-0.25, -0.2) is 0 Å². The molecule has 0 amide bonds. The van der Waals surface area contributed by atoms with E-state index in [0.29, 0.717) is 10.8 Å². The Balaban J connectivity index is 1.89. The van der Waals surface area contributed by atoms with Gasteiger partial charge in [0.25, 0.3) is 0 Å². The maximum Gasteiger partial charge on any atom is 0.00798 e. The second-order valence-electron chi connectivity index (χ2n) is 8.05. The molecule has 2 rings (SSSR count). The molecule has 0 atom stereocenters. The zero-order valence-corrected chi connectivity index (χ0v) is 11.8. The lowest BCUT2D eigenvalue weighted by Gasteiger charge is -2.47. The molecule has 0 bridgehead atoms. The molecule has 94 valence electrons. The summed E-state index contributed by atoms with van der Waals surface area (Å²) in [7, 11) is 0. The van der Waals surface area contributed by atoms with Gasteiger partial charge in [0, 0.05) is 12.1 Å². The number of hydrogen-bond donors (Lipinski definition) is 1. The molecule has 2 saturated carbocycles. The monoisotopic (exact) mass is 223 g/mol. The Bertz CT molecular complexity index is 232. The molecule has 0 aliphatic heterocycles. The summed E-state index contributed by atoms with van der Waals surface area (Å²) in [6.45, 7) is 12.1.